The Hall–Kier alpha value is -2.40. The van der Waals surface area contributed by atoms with Gasteiger partial charge in [-0.2, -0.15) is 0 Å². The van der Waals surface area contributed by atoms with Crippen LogP contribution in [0.4, 0.5) is 0 Å². The molecule has 2 heterocycles. The van der Waals surface area contributed by atoms with E-state index >= 15 is 0 Å². The summed E-state index contributed by atoms with van der Waals surface area (Å²) in [6.45, 7) is 1.22. The summed E-state index contributed by atoms with van der Waals surface area (Å²) < 4.78 is 11.8. The van der Waals surface area contributed by atoms with Crippen LogP contribution in [0.25, 0.3) is 0 Å². The van der Waals surface area contributed by atoms with Crippen LogP contribution in [-0.4, -0.2) is 41.1 Å². The molecule has 25 heavy (non-hydrogen) atoms. The van der Waals surface area contributed by atoms with Gasteiger partial charge in [0.05, 0.1) is 18.8 Å². The molecule has 2 aliphatic rings. The van der Waals surface area contributed by atoms with Gasteiger partial charge in [0.25, 0.3) is 5.91 Å². The minimum absolute atomic E-state index is 0.0146. The van der Waals surface area contributed by atoms with E-state index in [4.69, 9.17) is 9.47 Å². The summed E-state index contributed by atoms with van der Waals surface area (Å²) in [6.07, 6.45) is 6.19. The molecular weight excluding hydrogens is 316 g/mol. The van der Waals surface area contributed by atoms with E-state index in [2.05, 4.69) is 4.98 Å². The molecule has 1 amide bonds. The summed E-state index contributed by atoms with van der Waals surface area (Å²) in [5.41, 5.74) is 0.512. The van der Waals surface area contributed by atoms with Gasteiger partial charge in [-0.3, -0.25) is 4.79 Å². The number of para-hydroxylation sites is 1. The summed E-state index contributed by atoms with van der Waals surface area (Å²) in [5, 5.41) is 0. The van der Waals surface area contributed by atoms with Gasteiger partial charge in [-0.1, -0.05) is 31.0 Å². The van der Waals surface area contributed by atoms with E-state index in [1.165, 1.54) is 6.42 Å². The third-order valence-corrected chi connectivity index (χ3v) is 4.95. The van der Waals surface area contributed by atoms with E-state index in [0.717, 1.165) is 19.3 Å². The fourth-order valence-corrected chi connectivity index (χ4v) is 3.74. The SMILES string of the molecule is O=C(c1cccnc1Oc1ccccc1)N1CCO[C@H]2CCCC[C@@H]21. The highest BCUT2D eigenvalue weighted by Gasteiger charge is 2.37. The molecule has 0 N–H and O–H groups in total. The van der Waals surface area contributed by atoms with Gasteiger partial charge in [-0.15, -0.1) is 0 Å². The number of amides is 1. The molecule has 2 atom stereocenters. The Morgan fingerprint density at radius 3 is 2.84 bits per heavy atom. The first kappa shape index (κ1) is 16.1. The molecule has 0 radical (unpaired) electrons. The van der Waals surface area contributed by atoms with Crippen LogP contribution in [0.5, 0.6) is 11.6 Å². The van der Waals surface area contributed by atoms with Crippen molar-refractivity contribution in [2.75, 3.05) is 13.2 Å². The van der Waals surface area contributed by atoms with Gasteiger partial charge in [0.15, 0.2) is 0 Å². The molecule has 1 aromatic carbocycles. The second-order valence-corrected chi connectivity index (χ2v) is 6.53. The number of hydrogen-bond acceptors (Lipinski definition) is 4. The average molecular weight is 338 g/mol. The highest BCUT2D eigenvalue weighted by atomic mass is 16.5. The Bertz CT molecular complexity index is 733. The van der Waals surface area contributed by atoms with Crippen LogP contribution in [-0.2, 0) is 4.74 Å². The minimum atomic E-state index is -0.0146. The topological polar surface area (TPSA) is 51.7 Å². The fraction of sp³-hybridized carbons (Fsp3) is 0.400. The maximum atomic E-state index is 13.2. The maximum Gasteiger partial charge on any atom is 0.259 e. The first-order chi connectivity index (χ1) is 12.3. The normalized spacial score (nSPS) is 23.0. The quantitative estimate of drug-likeness (QED) is 0.857. The van der Waals surface area contributed by atoms with E-state index in [1.54, 1.807) is 18.3 Å². The highest BCUT2D eigenvalue weighted by Crippen LogP contribution is 2.31. The summed E-state index contributed by atoms with van der Waals surface area (Å²) in [4.78, 5) is 19.5. The van der Waals surface area contributed by atoms with Crippen molar-refractivity contribution in [1.82, 2.24) is 9.88 Å². The summed E-state index contributed by atoms with van der Waals surface area (Å²) >= 11 is 0. The smallest absolute Gasteiger partial charge is 0.259 e. The van der Waals surface area contributed by atoms with Crippen molar-refractivity contribution in [3.8, 4) is 11.6 Å². The van der Waals surface area contributed by atoms with Crippen molar-refractivity contribution in [3.63, 3.8) is 0 Å². The van der Waals surface area contributed by atoms with Crippen molar-refractivity contribution in [1.29, 1.82) is 0 Å². The summed E-state index contributed by atoms with van der Waals surface area (Å²) in [7, 11) is 0. The number of hydrogen-bond donors (Lipinski definition) is 0. The summed E-state index contributed by atoms with van der Waals surface area (Å²) in [6, 6.07) is 13.2. The number of rotatable bonds is 3. The van der Waals surface area contributed by atoms with Gasteiger partial charge in [0.1, 0.15) is 11.3 Å². The second kappa shape index (κ2) is 7.23. The zero-order valence-electron chi connectivity index (χ0n) is 14.1. The van der Waals surface area contributed by atoms with E-state index in [9.17, 15) is 4.79 Å². The van der Waals surface area contributed by atoms with Crippen molar-refractivity contribution >= 4 is 5.91 Å². The van der Waals surface area contributed by atoms with Gasteiger partial charge >= 0.3 is 0 Å². The molecule has 2 fully saturated rings. The predicted molar refractivity (Wildman–Crippen MR) is 93.8 cm³/mol. The van der Waals surface area contributed by atoms with Crippen LogP contribution in [0.1, 0.15) is 36.0 Å². The van der Waals surface area contributed by atoms with Gasteiger partial charge in [-0.25, -0.2) is 4.98 Å². The third-order valence-electron chi connectivity index (χ3n) is 4.95. The number of aromatic nitrogens is 1. The number of carbonyl (C=O) groups is 1. The average Bonchev–Trinajstić information content (AvgIpc) is 2.68. The lowest BCUT2D eigenvalue weighted by atomic mass is 9.90. The Morgan fingerprint density at radius 1 is 1.12 bits per heavy atom. The highest BCUT2D eigenvalue weighted by molar-refractivity contribution is 5.96. The first-order valence-corrected chi connectivity index (χ1v) is 8.93. The zero-order valence-corrected chi connectivity index (χ0v) is 14.1. The van der Waals surface area contributed by atoms with Crippen molar-refractivity contribution in [3.05, 3.63) is 54.2 Å². The van der Waals surface area contributed by atoms with Crippen LogP contribution in [0.15, 0.2) is 48.7 Å². The molecule has 130 valence electrons. The predicted octanol–water partition coefficient (Wildman–Crippen LogP) is 3.66. The molecule has 5 heteroatoms. The van der Waals surface area contributed by atoms with Gasteiger partial charge in [0.2, 0.25) is 5.88 Å². The van der Waals surface area contributed by atoms with Gasteiger partial charge in [-0.05, 0) is 37.1 Å². The number of pyridine rings is 1. The number of fused-ring (bicyclic) bond motifs is 1. The van der Waals surface area contributed by atoms with Gasteiger partial charge in [0, 0.05) is 12.7 Å². The molecule has 1 aliphatic carbocycles. The van der Waals surface area contributed by atoms with Crippen LogP contribution in [0.2, 0.25) is 0 Å². The van der Waals surface area contributed by atoms with Gasteiger partial charge < -0.3 is 14.4 Å². The fourth-order valence-electron chi connectivity index (χ4n) is 3.74. The molecule has 1 aliphatic heterocycles. The van der Waals surface area contributed by atoms with E-state index in [0.29, 0.717) is 30.3 Å². The molecule has 2 aromatic rings. The Kier molecular flexibility index (Phi) is 4.65. The zero-order chi connectivity index (χ0) is 17.1. The lowest BCUT2D eigenvalue weighted by molar-refractivity contribution is -0.0753. The van der Waals surface area contributed by atoms with Crippen molar-refractivity contribution < 1.29 is 14.3 Å². The van der Waals surface area contributed by atoms with E-state index < -0.39 is 0 Å². The maximum absolute atomic E-state index is 13.2. The largest absolute Gasteiger partial charge is 0.438 e. The molecule has 1 saturated heterocycles. The Balaban J connectivity index is 1.59. The number of nitrogens with zero attached hydrogens (tertiary/aromatic N) is 2. The molecule has 1 saturated carbocycles. The number of ether oxygens (including phenoxy) is 2. The molecule has 0 bridgehead atoms. The van der Waals surface area contributed by atoms with E-state index in [-0.39, 0.29) is 18.1 Å². The minimum Gasteiger partial charge on any atom is -0.438 e. The van der Waals surface area contributed by atoms with Crippen LogP contribution in [0, 0.1) is 0 Å². The Morgan fingerprint density at radius 2 is 1.96 bits per heavy atom. The van der Waals surface area contributed by atoms with Crippen LogP contribution in [0.3, 0.4) is 0 Å². The van der Waals surface area contributed by atoms with Crippen molar-refractivity contribution in [2.45, 2.75) is 37.8 Å². The molecule has 4 rings (SSSR count). The van der Waals surface area contributed by atoms with Crippen LogP contribution >= 0.6 is 0 Å². The van der Waals surface area contributed by atoms with E-state index in [1.807, 2.05) is 35.2 Å². The standard InChI is InChI=1S/C20H22N2O3/c23-20(22-13-14-24-18-11-5-4-10-17(18)22)16-9-6-12-21-19(16)25-15-7-2-1-3-8-15/h1-3,6-9,12,17-18H,4-5,10-11,13-14H2/t17-,18-/m0/s1. The summed E-state index contributed by atoms with van der Waals surface area (Å²) in [5.74, 6) is 1.02. The van der Waals surface area contributed by atoms with Crippen LogP contribution < -0.4 is 4.74 Å². The molecule has 5 nitrogen and oxygen atoms in total. The lowest BCUT2D eigenvalue weighted by Gasteiger charge is -2.43. The molecule has 0 unspecified atom stereocenters. The molecule has 0 spiro atoms. The van der Waals surface area contributed by atoms with Crippen molar-refractivity contribution in [2.24, 2.45) is 0 Å². The Labute approximate surface area is 147 Å². The monoisotopic (exact) mass is 338 g/mol. The number of morpholine rings is 1. The lowest BCUT2D eigenvalue weighted by Crippen LogP contribution is -2.54. The first-order valence-electron chi connectivity index (χ1n) is 8.93. The molecular formula is C20H22N2O3. The number of carbonyl (C=O) groups excluding carboxylic acids is 1. The molecule has 1 aromatic heterocycles. The third kappa shape index (κ3) is 3.37. The second-order valence-electron chi connectivity index (χ2n) is 6.53. The number of benzene rings is 1.